The summed E-state index contributed by atoms with van der Waals surface area (Å²) in [6.45, 7) is 0.680. The predicted molar refractivity (Wildman–Crippen MR) is 64.2 cm³/mol. The number of rotatable bonds is 5. The smallest absolute Gasteiger partial charge is 0.358 e. The normalized spacial score (nSPS) is 10.1. The lowest BCUT2D eigenvalue weighted by atomic mass is 10.3. The van der Waals surface area contributed by atoms with Gasteiger partial charge in [-0.3, -0.25) is 0 Å². The van der Waals surface area contributed by atoms with Crippen molar-refractivity contribution in [2.75, 3.05) is 19.0 Å². The average molecular weight is 247 g/mol. The highest BCUT2D eigenvalue weighted by Crippen LogP contribution is 2.03. The summed E-state index contributed by atoms with van der Waals surface area (Å²) >= 11 is 0. The van der Waals surface area contributed by atoms with Gasteiger partial charge in [0, 0.05) is 25.4 Å². The summed E-state index contributed by atoms with van der Waals surface area (Å²) in [5.41, 5.74) is 0.189. The van der Waals surface area contributed by atoms with E-state index in [-0.39, 0.29) is 5.69 Å². The Morgan fingerprint density at radius 2 is 2.33 bits per heavy atom. The minimum absolute atomic E-state index is 0.189. The minimum Gasteiger partial charge on any atom is -0.464 e. The third-order valence-electron chi connectivity index (χ3n) is 2.28. The van der Waals surface area contributed by atoms with Crippen LogP contribution in [0.4, 0.5) is 5.82 Å². The van der Waals surface area contributed by atoms with Crippen molar-refractivity contribution >= 4 is 11.8 Å². The van der Waals surface area contributed by atoms with Crippen molar-refractivity contribution in [2.45, 2.75) is 6.42 Å². The molecule has 7 heteroatoms. The maximum atomic E-state index is 11.1. The highest BCUT2D eigenvalue weighted by Gasteiger charge is 2.07. The van der Waals surface area contributed by atoms with Crippen LogP contribution in [0.25, 0.3) is 0 Å². The van der Waals surface area contributed by atoms with Gasteiger partial charge in [-0.25, -0.2) is 9.78 Å². The second-order valence-corrected chi connectivity index (χ2v) is 3.51. The molecule has 2 aromatic rings. The molecule has 0 aliphatic rings. The second kappa shape index (κ2) is 5.76. The van der Waals surface area contributed by atoms with E-state index < -0.39 is 5.97 Å². The summed E-state index contributed by atoms with van der Waals surface area (Å²) in [5.74, 6) is 1.01. The molecule has 0 unspecified atom stereocenters. The molecule has 2 rings (SSSR count). The van der Waals surface area contributed by atoms with E-state index in [1.807, 2.05) is 0 Å². The first-order valence-corrected chi connectivity index (χ1v) is 5.44. The summed E-state index contributed by atoms with van der Waals surface area (Å²) in [6, 6.07) is 3.25. The lowest BCUT2D eigenvalue weighted by Gasteiger charge is -2.03. The van der Waals surface area contributed by atoms with E-state index in [0.717, 1.165) is 12.2 Å². The van der Waals surface area contributed by atoms with Gasteiger partial charge in [0.15, 0.2) is 5.69 Å². The first-order chi connectivity index (χ1) is 8.79. The number of nitrogens with zero attached hydrogens (tertiary/aromatic N) is 3. The number of nitrogens with one attached hydrogen (secondary N) is 2. The van der Waals surface area contributed by atoms with E-state index >= 15 is 0 Å². The standard InChI is InChI=1S/C11H13N5O2/c1-18-11(17)8-2-3-10(16-15-8)12-5-4-9-13-6-7-14-9/h2-3,6-7H,4-5H2,1H3,(H,12,16)(H,13,14). The molecule has 0 fully saturated rings. The number of ether oxygens (including phenoxy) is 1. The number of carbonyl (C=O) groups excluding carboxylic acids is 1. The summed E-state index contributed by atoms with van der Waals surface area (Å²) in [4.78, 5) is 18.2. The number of methoxy groups -OCH3 is 1. The molecule has 2 N–H and O–H groups in total. The van der Waals surface area contributed by atoms with Crippen LogP contribution in [-0.2, 0) is 11.2 Å². The Kier molecular flexibility index (Phi) is 3.85. The van der Waals surface area contributed by atoms with Gasteiger partial charge in [0.05, 0.1) is 7.11 Å². The quantitative estimate of drug-likeness (QED) is 0.753. The Bertz CT molecular complexity index is 495. The fourth-order valence-corrected chi connectivity index (χ4v) is 1.38. The molecule has 0 aliphatic heterocycles. The lowest BCUT2D eigenvalue weighted by Crippen LogP contribution is -2.10. The van der Waals surface area contributed by atoms with E-state index in [2.05, 4.69) is 30.2 Å². The van der Waals surface area contributed by atoms with Crippen molar-refractivity contribution in [3.8, 4) is 0 Å². The van der Waals surface area contributed by atoms with Gasteiger partial charge < -0.3 is 15.0 Å². The molecule has 0 atom stereocenters. The molecule has 0 amide bonds. The zero-order valence-electron chi connectivity index (χ0n) is 9.88. The molecule has 18 heavy (non-hydrogen) atoms. The Hall–Kier alpha value is -2.44. The molecular formula is C11H13N5O2. The maximum Gasteiger partial charge on any atom is 0.358 e. The van der Waals surface area contributed by atoms with Crippen LogP contribution in [0.3, 0.4) is 0 Å². The van der Waals surface area contributed by atoms with Crippen LogP contribution >= 0.6 is 0 Å². The zero-order chi connectivity index (χ0) is 12.8. The Labute approximate surface area is 104 Å². The van der Waals surface area contributed by atoms with E-state index in [9.17, 15) is 4.79 Å². The number of aromatic amines is 1. The van der Waals surface area contributed by atoms with E-state index in [1.165, 1.54) is 7.11 Å². The predicted octanol–water partition coefficient (Wildman–Crippen LogP) is 0.641. The van der Waals surface area contributed by atoms with Crippen molar-refractivity contribution in [3.63, 3.8) is 0 Å². The Balaban J connectivity index is 1.85. The van der Waals surface area contributed by atoms with Crippen LogP contribution in [0, 0.1) is 0 Å². The van der Waals surface area contributed by atoms with Crippen LogP contribution in [0.1, 0.15) is 16.3 Å². The van der Waals surface area contributed by atoms with Gasteiger partial charge in [-0.05, 0) is 12.1 Å². The summed E-state index contributed by atoms with van der Waals surface area (Å²) < 4.78 is 4.53. The summed E-state index contributed by atoms with van der Waals surface area (Å²) in [7, 11) is 1.31. The number of aromatic nitrogens is 4. The number of imidazole rings is 1. The number of hydrogen-bond acceptors (Lipinski definition) is 6. The van der Waals surface area contributed by atoms with Gasteiger partial charge in [0.25, 0.3) is 0 Å². The first-order valence-electron chi connectivity index (χ1n) is 5.44. The number of anilines is 1. The van der Waals surface area contributed by atoms with E-state index in [4.69, 9.17) is 0 Å². The van der Waals surface area contributed by atoms with E-state index in [0.29, 0.717) is 12.4 Å². The van der Waals surface area contributed by atoms with Crippen LogP contribution in [0.5, 0.6) is 0 Å². The van der Waals surface area contributed by atoms with E-state index in [1.54, 1.807) is 24.5 Å². The van der Waals surface area contributed by atoms with Crippen LogP contribution in [-0.4, -0.2) is 39.8 Å². The van der Waals surface area contributed by atoms with Gasteiger partial charge in [-0.1, -0.05) is 0 Å². The fraction of sp³-hybridized carbons (Fsp3) is 0.273. The van der Waals surface area contributed by atoms with Crippen molar-refractivity contribution in [1.29, 1.82) is 0 Å². The average Bonchev–Trinajstić information content (AvgIpc) is 2.92. The Morgan fingerprint density at radius 1 is 1.44 bits per heavy atom. The molecule has 2 heterocycles. The molecule has 94 valence electrons. The molecule has 0 spiro atoms. The highest BCUT2D eigenvalue weighted by molar-refractivity contribution is 5.86. The van der Waals surface area contributed by atoms with Crippen LogP contribution in [0.2, 0.25) is 0 Å². The first kappa shape index (κ1) is 12.0. The molecule has 2 aromatic heterocycles. The van der Waals surface area contributed by atoms with Crippen LogP contribution < -0.4 is 5.32 Å². The zero-order valence-corrected chi connectivity index (χ0v) is 9.88. The highest BCUT2D eigenvalue weighted by atomic mass is 16.5. The summed E-state index contributed by atoms with van der Waals surface area (Å²) in [5, 5.41) is 10.7. The Morgan fingerprint density at radius 3 is 2.94 bits per heavy atom. The molecule has 0 aromatic carbocycles. The number of H-pyrrole nitrogens is 1. The van der Waals surface area contributed by atoms with Gasteiger partial charge in [-0.2, -0.15) is 0 Å². The maximum absolute atomic E-state index is 11.1. The molecule has 0 bridgehead atoms. The molecular weight excluding hydrogens is 234 g/mol. The largest absolute Gasteiger partial charge is 0.464 e. The number of esters is 1. The van der Waals surface area contributed by atoms with Crippen molar-refractivity contribution < 1.29 is 9.53 Å². The second-order valence-electron chi connectivity index (χ2n) is 3.51. The van der Waals surface area contributed by atoms with Gasteiger partial charge in [0.1, 0.15) is 11.6 Å². The minimum atomic E-state index is -0.496. The van der Waals surface area contributed by atoms with Gasteiger partial charge in [-0.15, -0.1) is 10.2 Å². The third kappa shape index (κ3) is 3.03. The monoisotopic (exact) mass is 247 g/mol. The van der Waals surface area contributed by atoms with Crippen molar-refractivity contribution in [2.24, 2.45) is 0 Å². The molecule has 0 saturated carbocycles. The molecule has 0 radical (unpaired) electrons. The van der Waals surface area contributed by atoms with Gasteiger partial charge in [0.2, 0.25) is 0 Å². The number of hydrogen-bond donors (Lipinski definition) is 2. The molecule has 7 nitrogen and oxygen atoms in total. The third-order valence-corrected chi connectivity index (χ3v) is 2.28. The van der Waals surface area contributed by atoms with Crippen molar-refractivity contribution in [3.05, 3.63) is 36.0 Å². The number of carbonyl (C=O) groups is 1. The summed E-state index contributed by atoms with van der Waals surface area (Å²) in [6.07, 6.45) is 4.24. The fourth-order valence-electron chi connectivity index (χ4n) is 1.38. The van der Waals surface area contributed by atoms with Gasteiger partial charge >= 0.3 is 5.97 Å². The lowest BCUT2D eigenvalue weighted by molar-refractivity contribution is 0.0593. The topological polar surface area (TPSA) is 92.8 Å². The SMILES string of the molecule is COC(=O)c1ccc(NCCc2ncc[nH]2)nn1. The van der Waals surface area contributed by atoms with Crippen molar-refractivity contribution in [1.82, 2.24) is 20.2 Å². The van der Waals surface area contributed by atoms with Crippen LogP contribution in [0.15, 0.2) is 24.5 Å². The molecule has 0 aliphatic carbocycles. The molecule has 0 saturated heterocycles.